The Bertz CT molecular complexity index is 739. The number of hydrogen-bond acceptors (Lipinski definition) is 3. The fourth-order valence-electron chi connectivity index (χ4n) is 1.86. The van der Waals surface area contributed by atoms with Crippen molar-refractivity contribution in [1.82, 2.24) is 14.6 Å². The predicted molar refractivity (Wildman–Crippen MR) is 77.9 cm³/mol. The molecule has 1 aromatic carbocycles. The van der Waals surface area contributed by atoms with Crippen LogP contribution in [0.4, 0.5) is 4.39 Å². The van der Waals surface area contributed by atoms with E-state index < -0.39 is 0 Å². The second-order valence-corrected chi connectivity index (χ2v) is 5.46. The summed E-state index contributed by atoms with van der Waals surface area (Å²) >= 11 is 5.08. The average Bonchev–Trinajstić information content (AvgIpc) is 2.77. The molecule has 96 valence electrons. The summed E-state index contributed by atoms with van der Waals surface area (Å²) in [5.74, 6) is -0.255. The van der Waals surface area contributed by atoms with Crippen molar-refractivity contribution >= 4 is 33.2 Å². The van der Waals surface area contributed by atoms with E-state index in [0.717, 1.165) is 26.4 Å². The number of aromatic nitrogens is 3. The minimum absolute atomic E-state index is 0.255. The van der Waals surface area contributed by atoms with E-state index in [-0.39, 0.29) is 5.82 Å². The first-order valence-corrected chi connectivity index (χ1v) is 7.55. The van der Waals surface area contributed by atoms with E-state index in [4.69, 9.17) is 0 Å². The van der Waals surface area contributed by atoms with Gasteiger partial charge in [-0.2, -0.15) is 5.10 Å². The zero-order chi connectivity index (χ0) is 13.4. The maximum Gasteiger partial charge on any atom is 0.189 e. The lowest BCUT2D eigenvalue weighted by Crippen LogP contribution is -1.94. The van der Waals surface area contributed by atoms with Crippen LogP contribution in [-0.4, -0.2) is 20.9 Å². The van der Waals surface area contributed by atoms with Crippen LogP contribution in [0.15, 0.2) is 46.2 Å². The molecule has 19 heavy (non-hydrogen) atoms. The Morgan fingerprint density at radius 1 is 1.21 bits per heavy atom. The molecule has 3 rings (SSSR count). The summed E-state index contributed by atoms with van der Waals surface area (Å²) in [7, 11) is 0. The summed E-state index contributed by atoms with van der Waals surface area (Å²) in [6, 6.07) is 8.19. The van der Waals surface area contributed by atoms with Gasteiger partial charge in [-0.05, 0) is 52.5 Å². The minimum atomic E-state index is -0.255. The molecule has 3 aromatic rings. The zero-order valence-corrected chi connectivity index (χ0v) is 12.4. The molecule has 6 heteroatoms. The second-order valence-electron chi connectivity index (χ2n) is 3.90. The van der Waals surface area contributed by atoms with Crippen LogP contribution in [0.1, 0.15) is 0 Å². The molecule has 0 unspecified atom stereocenters. The van der Waals surface area contributed by atoms with Gasteiger partial charge < -0.3 is 0 Å². The van der Waals surface area contributed by atoms with Crippen molar-refractivity contribution in [2.24, 2.45) is 0 Å². The van der Waals surface area contributed by atoms with Gasteiger partial charge in [-0.25, -0.2) is 13.9 Å². The summed E-state index contributed by atoms with van der Waals surface area (Å²) in [4.78, 5) is 4.27. The number of hydrogen-bond donors (Lipinski definition) is 0. The first-order chi connectivity index (χ1) is 9.20. The Balaban J connectivity index is 2.25. The Hall–Kier alpha value is -1.40. The molecule has 0 amide bonds. The molecule has 0 aliphatic carbocycles. The summed E-state index contributed by atoms with van der Waals surface area (Å²) in [6.07, 6.45) is 3.71. The monoisotopic (exact) mass is 337 g/mol. The molecule has 0 radical (unpaired) electrons. The lowest BCUT2D eigenvalue weighted by molar-refractivity contribution is 0.628. The fraction of sp³-hybridized carbons (Fsp3) is 0.0769. The van der Waals surface area contributed by atoms with Gasteiger partial charge in [0.15, 0.2) is 5.16 Å². The van der Waals surface area contributed by atoms with Gasteiger partial charge in [-0.3, -0.25) is 0 Å². The highest BCUT2D eigenvalue weighted by Crippen LogP contribution is 2.32. The van der Waals surface area contributed by atoms with Crippen molar-refractivity contribution < 1.29 is 4.39 Å². The Morgan fingerprint density at radius 3 is 2.63 bits per heavy atom. The zero-order valence-electron chi connectivity index (χ0n) is 9.97. The van der Waals surface area contributed by atoms with Crippen LogP contribution in [0.2, 0.25) is 0 Å². The minimum Gasteiger partial charge on any atom is -0.231 e. The van der Waals surface area contributed by atoms with Crippen molar-refractivity contribution in [3.8, 4) is 11.3 Å². The van der Waals surface area contributed by atoms with E-state index in [1.807, 2.05) is 12.3 Å². The number of rotatable bonds is 2. The Kier molecular flexibility index (Phi) is 3.28. The summed E-state index contributed by atoms with van der Waals surface area (Å²) in [5, 5.41) is 5.36. The van der Waals surface area contributed by atoms with Crippen LogP contribution in [-0.2, 0) is 0 Å². The van der Waals surface area contributed by atoms with Crippen LogP contribution in [0.3, 0.4) is 0 Å². The molecule has 0 saturated carbocycles. The van der Waals surface area contributed by atoms with Crippen LogP contribution in [0, 0.1) is 5.82 Å². The third-order valence-corrected chi connectivity index (χ3v) is 4.19. The maximum atomic E-state index is 13.0. The molecule has 0 aliphatic heterocycles. The van der Waals surface area contributed by atoms with Gasteiger partial charge in [0.2, 0.25) is 0 Å². The molecule has 0 fully saturated rings. The van der Waals surface area contributed by atoms with E-state index in [1.54, 1.807) is 22.8 Å². The molecule has 0 N–H and O–H groups in total. The van der Waals surface area contributed by atoms with E-state index in [9.17, 15) is 4.39 Å². The molecule has 2 heterocycles. The van der Waals surface area contributed by atoms with Gasteiger partial charge >= 0.3 is 0 Å². The third kappa shape index (κ3) is 2.15. The number of fused-ring (bicyclic) bond motifs is 1. The normalized spacial score (nSPS) is 11.1. The lowest BCUT2D eigenvalue weighted by Gasteiger charge is -1.98. The number of benzene rings is 1. The van der Waals surface area contributed by atoms with Gasteiger partial charge in [-0.15, -0.1) is 0 Å². The molecule has 0 aliphatic rings. The first-order valence-electron chi connectivity index (χ1n) is 5.54. The van der Waals surface area contributed by atoms with Crippen LogP contribution < -0.4 is 0 Å². The Morgan fingerprint density at radius 2 is 1.95 bits per heavy atom. The summed E-state index contributed by atoms with van der Waals surface area (Å²) < 4.78 is 15.6. The molecule has 0 atom stereocenters. The quantitative estimate of drug-likeness (QED) is 0.522. The summed E-state index contributed by atoms with van der Waals surface area (Å²) in [6.45, 7) is 0. The van der Waals surface area contributed by atoms with Crippen molar-refractivity contribution in [3.63, 3.8) is 0 Å². The van der Waals surface area contributed by atoms with Crippen molar-refractivity contribution in [3.05, 3.63) is 46.8 Å². The van der Waals surface area contributed by atoms with Gasteiger partial charge in [0, 0.05) is 11.8 Å². The first kappa shape index (κ1) is 12.6. The van der Waals surface area contributed by atoms with Gasteiger partial charge in [-0.1, -0.05) is 11.8 Å². The van der Waals surface area contributed by atoms with Crippen molar-refractivity contribution in [2.45, 2.75) is 5.16 Å². The SMILES string of the molecule is CSc1nccc2c(Br)c(-c3ccc(F)cc3)nn12. The molecule has 0 spiro atoms. The largest absolute Gasteiger partial charge is 0.231 e. The van der Waals surface area contributed by atoms with Crippen molar-refractivity contribution in [2.75, 3.05) is 6.26 Å². The molecule has 3 nitrogen and oxygen atoms in total. The fourth-order valence-corrected chi connectivity index (χ4v) is 2.95. The molecule has 0 bridgehead atoms. The molecule has 2 aromatic heterocycles. The highest BCUT2D eigenvalue weighted by atomic mass is 79.9. The third-order valence-electron chi connectivity index (χ3n) is 2.76. The van der Waals surface area contributed by atoms with Crippen LogP contribution >= 0.6 is 27.7 Å². The number of nitrogens with zero attached hydrogens (tertiary/aromatic N) is 3. The van der Waals surface area contributed by atoms with E-state index in [2.05, 4.69) is 26.0 Å². The molecular formula is C13H9BrFN3S. The topological polar surface area (TPSA) is 30.2 Å². The van der Waals surface area contributed by atoms with Crippen molar-refractivity contribution in [1.29, 1.82) is 0 Å². The second kappa shape index (κ2) is 4.94. The van der Waals surface area contributed by atoms with Gasteiger partial charge in [0.1, 0.15) is 11.5 Å². The average molecular weight is 338 g/mol. The number of halogens is 2. The van der Waals surface area contributed by atoms with Crippen LogP contribution in [0.25, 0.3) is 16.8 Å². The standard InChI is InChI=1S/C13H9BrFN3S/c1-19-13-16-7-6-10-11(14)12(17-18(10)13)8-2-4-9(15)5-3-8/h2-7H,1H3. The molecular weight excluding hydrogens is 329 g/mol. The van der Waals surface area contributed by atoms with Crippen LogP contribution in [0.5, 0.6) is 0 Å². The molecule has 0 saturated heterocycles. The van der Waals surface area contributed by atoms with E-state index in [0.29, 0.717) is 0 Å². The lowest BCUT2D eigenvalue weighted by atomic mass is 10.1. The predicted octanol–water partition coefficient (Wildman–Crippen LogP) is 4.02. The smallest absolute Gasteiger partial charge is 0.189 e. The summed E-state index contributed by atoms with van der Waals surface area (Å²) in [5.41, 5.74) is 2.59. The maximum absolute atomic E-state index is 13.0. The van der Waals surface area contributed by atoms with Gasteiger partial charge in [0.05, 0.1) is 9.99 Å². The highest BCUT2D eigenvalue weighted by molar-refractivity contribution is 9.10. The Labute approximate surface area is 122 Å². The van der Waals surface area contributed by atoms with E-state index in [1.165, 1.54) is 23.9 Å². The van der Waals surface area contributed by atoms with E-state index >= 15 is 0 Å². The number of thioether (sulfide) groups is 1. The highest BCUT2D eigenvalue weighted by Gasteiger charge is 2.14. The van der Waals surface area contributed by atoms with Gasteiger partial charge in [0.25, 0.3) is 0 Å².